The van der Waals surface area contributed by atoms with Gasteiger partial charge in [0.05, 0.1) is 6.04 Å². The van der Waals surface area contributed by atoms with Crippen molar-refractivity contribution in [1.82, 2.24) is 4.98 Å². The highest BCUT2D eigenvalue weighted by Gasteiger charge is 2.21. The van der Waals surface area contributed by atoms with Crippen molar-refractivity contribution in [3.63, 3.8) is 0 Å². The van der Waals surface area contributed by atoms with Gasteiger partial charge in [-0.1, -0.05) is 6.07 Å². The number of nitrogens with one attached hydrogen (secondary N) is 1. The van der Waals surface area contributed by atoms with Crippen LogP contribution in [0.3, 0.4) is 0 Å². The summed E-state index contributed by atoms with van der Waals surface area (Å²) in [7, 11) is 0. The minimum absolute atomic E-state index is 0.276. The van der Waals surface area contributed by atoms with Crippen molar-refractivity contribution in [2.75, 3.05) is 5.32 Å². The first kappa shape index (κ1) is 12.7. The molecule has 2 aromatic heterocycles. The molecule has 0 aliphatic heterocycles. The number of hydrogen-bond donors (Lipinski definition) is 2. The van der Waals surface area contributed by atoms with Crippen LogP contribution in [0.2, 0.25) is 0 Å². The van der Waals surface area contributed by atoms with Gasteiger partial charge in [0.1, 0.15) is 11.6 Å². The molecule has 2 heterocycles. The summed E-state index contributed by atoms with van der Waals surface area (Å²) in [5.74, 6) is 1.13. The molecule has 3 aromatic rings. The van der Waals surface area contributed by atoms with Gasteiger partial charge >= 0.3 is 0 Å². The smallest absolute Gasteiger partial charge is 0.134 e. The zero-order chi connectivity index (χ0) is 14.2. The number of rotatable bonds is 2. The van der Waals surface area contributed by atoms with Crippen LogP contribution in [-0.2, 0) is 6.42 Å². The summed E-state index contributed by atoms with van der Waals surface area (Å²) in [5, 5.41) is 17.5. The molecule has 0 amide bonds. The molecule has 2 N–H and O–H groups in total. The molecule has 0 bridgehead atoms. The van der Waals surface area contributed by atoms with Crippen LogP contribution in [0, 0.1) is 0 Å². The van der Waals surface area contributed by atoms with Gasteiger partial charge in [0, 0.05) is 16.5 Å². The Morgan fingerprint density at radius 2 is 2.19 bits per heavy atom. The molecule has 1 aliphatic rings. The van der Waals surface area contributed by atoms with Crippen LogP contribution in [0.25, 0.3) is 10.8 Å². The fourth-order valence-corrected chi connectivity index (χ4v) is 4.06. The average Bonchev–Trinajstić information content (AvgIpc) is 2.97. The molecule has 1 atom stereocenters. The largest absolute Gasteiger partial charge is 0.508 e. The van der Waals surface area contributed by atoms with Crippen LogP contribution in [0.15, 0.2) is 41.9 Å². The fourth-order valence-electron chi connectivity index (χ4n) is 3.07. The Labute approximate surface area is 127 Å². The van der Waals surface area contributed by atoms with Crippen LogP contribution < -0.4 is 5.32 Å². The molecule has 1 aromatic carbocycles. The monoisotopic (exact) mass is 296 g/mol. The number of fused-ring (bicyclic) bond motifs is 2. The van der Waals surface area contributed by atoms with Gasteiger partial charge in [-0.15, -0.1) is 11.3 Å². The Balaban J connectivity index is 1.74. The number of aromatic hydroxyl groups is 1. The zero-order valence-electron chi connectivity index (χ0n) is 11.5. The zero-order valence-corrected chi connectivity index (χ0v) is 12.4. The Morgan fingerprint density at radius 3 is 3.14 bits per heavy atom. The predicted octanol–water partition coefficient (Wildman–Crippen LogP) is 4.49. The van der Waals surface area contributed by atoms with Crippen molar-refractivity contribution < 1.29 is 5.11 Å². The maximum atomic E-state index is 9.73. The number of aromatic nitrogens is 1. The van der Waals surface area contributed by atoms with Crippen molar-refractivity contribution in [3.8, 4) is 5.75 Å². The van der Waals surface area contributed by atoms with E-state index in [0.29, 0.717) is 6.04 Å². The van der Waals surface area contributed by atoms with Gasteiger partial charge in [-0.05, 0) is 59.9 Å². The van der Waals surface area contributed by atoms with E-state index in [0.717, 1.165) is 23.0 Å². The van der Waals surface area contributed by atoms with Gasteiger partial charge < -0.3 is 10.4 Å². The van der Waals surface area contributed by atoms with Crippen LogP contribution in [-0.4, -0.2) is 10.1 Å². The highest BCUT2D eigenvalue weighted by molar-refractivity contribution is 7.10. The predicted molar refractivity (Wildman–Crippen MR) is 87.0 cm³/mol. The number of phenols is 1. The van der Waals surface area contributed by atoms with Gasteiger partial charge in [0.2, 0.25) is 0 Å². The highest BCUT2D eigenvalue weighted by Crippen LogP contribution is 2.36. The van der Waals surface area contributed by atoms with Crippen LogP contribution >= 0.6 is 11.3 Å². The van der Waals surface area contributed by atoms with E-state index in [4.69, 9.17) is 0 Å². The number of pyridine rings is 1. The highest BCUT2D eigenvalue weighted by atomic mass is 32.1. The number of phenolic OH excluding ortho intramolecular Hbond substituents is 1. The second kappa shape index (κ2) is 5.04. The Bertz CT molecular complexity index is 796. The minimum atomic E-state index is 0.276. The van der Waals surface area contributed by atoms with Crippen LogP contribution in [0.4, 0.5) is 5.82 Å². The van der Waals surface area contributed by atoms with E-state index < -0.39 is 0 Å². The molecule has 0 fully saturated rings. The molecule has 1 aliphatic carbocycles. The van der Waals surface area contributed by atoms with E-state index in [1.165, 1.54) is 23.3 Å². The second-order valence-corrected chi connectivity index (χ2v) is 6.45. The Kier molecular flexibility index (Phi) is 3.04. The lowest BCUT2D eigenvalue weighted by Crippen LogP contribution is -2.16. The Hall–Kier alpha value is -2.07. The van der Waals surface area contributed by atoms with E-state index in [1.807, 2.05) is 29.7 Å². The lowest BCUT2D eigenvalue weighted by Gasteiger charge is -2.24. The topological polar surface area (TPSA) is 45.2 Å². The summed E-state index contributed by atoms with van der Waals surface area (Å²) < 4.78 is 0. The van der Waals surface area contributed by atoms with Crippen LogP contribution in [0.5, 0.6) is 5.75 Å². The number of thiophene rings is 1. The normalized spacial score (nSPS) is 17.6. The molecule has 21 heavy (non-hydrogen) atoms. The first-order valence-electron chi connectivity index (χ1n) is 7.22. The molecule has 0 spiro atoms. The maximum Gasteiger partial charge on any atom is 0.134 e. The summed E-state index contributed by atoms with van der Waals surface area (Å²) in [4.78, 5) is 5.97. The molecule has 1 unspecified atom stereocenters. The molecule has 0 saturated carbocycles. The van der Waals surface area contributed by atoms with Crippen molar-refractivity contribution in [2.24, 2.45) is 0 Å². The summed E-state index contributed by atoms with van der Waals surface area (Å²) in [5.41, 5.74) is 1.41. The van der Waals surface area contributed by atoms with Crippen molar-refractivity contribution >= 4 is 27.9 Å². The lowest BCUT2D eigenvalue weighted by molar-refractivity contribution is 0.476. The number of nitrogens with zero attached hydrogens (tertiary/aromatic N) is 1. The number of hydrogen-bond acceptors (Lipinski definition) is 4. The standard InChI is InChI=1S/C17H16N2OS/c20-12-5-4-11-6-8-18-17(14(11)10-12)19-15-2-1-3-16-13(15)7-9-21-16/h4-10,15,20H,1-3H2,(H,18,19). The van der Waals surface area contributed by atoms with E-state index in [9.17, 15) is 5.11 Å². The summed E-state index contributed by atoms with van der Waals surface area (Å²) in [6, 6.07) is 9.93. The summed E-state index contributed by atoms with van der Waals surface area (Å²) in [6.07, 6.45) is 5.34. The van der Waals surface area contributed by atoms with Gasteiger partial charge in [-0.3, -0.25) is 0 Å². The van der Waals surface area contributed by atoms with Crippen molar-refractivity contribution in [1.29, 1.82) is 0 Å². The van der Waals surface area contributed by atoms with E-state index in [2.05, 4.69) is 21.7 Å². The third-order valence-electron chi connectivity index (χ3n) is 4.11. The molecule has 106 valence electrons. The van der Waals surface area contributed by atoms with Gasteiger partial charge in [0.15, 0.2) is 0 Å². The molecular formula is C17H16N2OS. The number of benzene rings is 1. The number of aryl methyl sites for hydroxylation is 1. The van der Waals surface area contributed by atoms with E-state index in [1.54, 1.807) is 12.1 Å². The van der Waals surface area contributed by atoms with Gasteiger partial charge in [-0.25, -0.2) is 4.98 Å². The quantitative estimate of drug-likeness (QED) is 0.732. The average molecular weight is 296 g/mol. The molecule has 3 nitrogen and oxygen atoms in total. The Morgan fingerprint density at radius 1 is 1.24 bits per heavy atom. The van der Waals surface area contributed by atoms with Crippen molar-refractivity contribution in [2.45, 2.75) is 25.3 Å². The maximum absolute atomic E-state index is 9.73. The third kappa shape index (κ3) is 2.25. The fraction of sp³-hybridized carbons (Fsp3) is 0.235. The first-order chi connectivity index (χ1) is 10.3. The second-order valence-electron chi connectivity index (χ2n) is 5.45. The third-order valence-corrected chi connectivity index (χ3v) is 5.11. The molecule has 0 saturated heterocycles. The van der Waals surface area contributed by atoms with Crippen LogP contribution in [0.1, 0.15) is 29.3 Å². The van der Waals surface area contributed by atoms with E-state index >= 15 is 0 Å². The van der Waals surface area contributed by atoms with Gasteiger partial charge in [-0.2, -0.15) is 0 Å². The number of anilines is 1. The first-order valence-corrected chi connectivity index (χ1v) is 8.10. The molecule has 4 heteroatoms. The van der Waals surface area contributed by atoms with E-state index in [-0.39, 0.29) is 5.75 Å². The summed E-state index contributed by atoms with van der Waals surface area (Å²) in [6.45, 7) is 0. The molecule has 0 radical (unpaired) electrons. The summed E-state index contributed by atoms with van der Waals surface area (Å²) >= 11 is 1.85. The molecule has 4 rings (SSSR count). The SMILES string of the molecule is Oc1ccc2ccnc(NC3CCCc4sccc43)c2c1. The molecular weight excluding hydrogens is 280 g/mol. The van der Waals surface area contributed by atoms with Crippen molar-refractivity contribution in [3.05, 3.63) is 52.3 Å². The lowest BCUT2D eigenvalue weighted by atomic mass is 9.94. The minimum Gasteiger partial charge on any atom is -0.508 e. The van der Waals surface area contributed by atoms with Gasteiger partial charge in [0.25, 0.3) is 0 Å².